The second kappa shape index (κ2) is 3.30. The highest BCUT2D eigenvalue weighted by molar-refractivity contribution is 5.61. The molecule has 16 heavy (non-hydrogen) atoms. The number of anilines is 1. The van der Waals surface area contributed by atoms with E-state index in [4.69, 9.17) is 5.73 Å². The van der Waals surface area contributed by atoms with Gasteiger partial charge in [0.1, 0.15) is 11.6 Å². The number of aromatic amines is 1. The number of nitrogens with one attached hydrogen (secondary N) is 1. The average Bonchev–Trinajstić information content (AvgIpc) is 3.01. The maximum atomic E-state index is 13.5. The molecule has 0 radical (unpaired) electrons. The Labute approximate surface area is 91.7 Å². The van der Waals surface area contributed by atoms with Crippen molar-refractivity contribution >= 4 is 5.69 Å². The van der Waals surface area contributed by atoms with E-state index in [-0.39, 0.29) is 5.82 Å². The zero-order valence-electron chi connectivity index (χ0n) is 8.57. The smallest absolute Gasteiger partial charge is 0.184 e. The van der Waals surface area contributed by atoms with Crippen molar-refractivity contribution in [3.05, 3.63) is 29.8 Å². The number of rotatable bonds is 2. The predicted octanol–water partition coefficient (Wildman–Crippen LogP) is 2.07. The van der Waals surface area contributed by atoms with Gasteiger partial charge in [-0.05, 0) is 31.0 Å². The molecule has 1 aromatic heterocycles. The van der Waals surface area contributed by atoms with Gasteiger partial charge in [-0.25, -0.2) is 9.37 Å². The first-order valence-electron chi connectivity index (χ1n) is 5.22. The molecule has 0 aliphatic heterocycles. The van der Waals surface area contributed by atoms with Crippen molar-refractivity contribution in [1.29, 1.82) is 0 Å². The Balaban J connectivity index is 2.03. The Kier molecular flexibility index (Phi) is 1.92. The van der Waals surface area contributed by atoms with E-state index in [9.17, 15) is 4.39 Å². The van der Waals surface area contributed by atoms with E-state index in [1.807, 2.05) is 0 Å². The standard InChI is InChI=1S/C11H11FN4/c12-9-4-3-7(13)5-8(9)11-14-10(15-16-11)6-1-2-6/h3-6H,1-2,13H2,(H,14,15,16). The number of halogens is 1. The van der Waals surface area contributed by atoms with Gasteiger partial charge < -0.3 is 5.73 Å². The van der Waals surface area contributed by atoms with Crippen molar-refractivity contribution in [2.24, 2.45) is 0 Å². The van der Waals surface area contributed by atoms with Crippen LogP contribution in [0.15, 0.2) is 18.2 Å². The van der Waals surface area contributed by atoms with Gasteiger partial charge in [0, 0.05) is 11.6 Å². The Morgan fingerprint density at radius 1 is 1.38 bits per heavy atom. The second-order valence-corrected chi connectivity index (χ2v) is 4.06. The van der Waals surface area contributed by atoms with Crippen LogP contribution >= 0.6 is 0 Å². The predicted molar refractivity (Wildman–Crippen MR) is 58.2 cm³/mol. The molecule has 0 unspecified atom stereocenters. The summed E-state index contributed by atoms with van der Waals surface area (Å²) in [5.74, 6) is 1.35. The fraction of sp³-hybridized carbons (Fsp3) is 0.273. The number of hydrogen-bond acceptors (Lipinski definition) is 3. The number of H-pyrrole nitrogens is 1. The molecular weight excluding hydrogens is 207 g/mol. The number of nitrogens with two attached hydrogens (primary N) is 1. The SMILES string of the molecule is Nc1ccc(F)c(-c2n[nH]c(C3CC3)n2)c1. The van der Waals surface area contributed by atoms with Crippen molar-refractivity contribution in [1.82, 2.24) is 15.2 Å². The number of nitrogens with zero attached hydrogens (tertiary/aromatic N) is 2. The van der Waals surface area contributed by atoms with Crippen molar-refractivity contribution in [2.45, 2.75) is 18.8 Å². The molecule has 0 amide bonds. The minimum atomic E-state index is -0.351. The van der Waals surface area contributed by atoms with Crippen LogP contribution in [0, 0.1) is 5.82 Å². The van der Waals surface area contributed by atoms with Crippen LogP contribution in [0.3, 0.4) is 0 Å². The highest BCUT2D eigenvalue weighted by Crippen LogP contribution is 2.38. The fourth-order valence-electron chi connectivity index (χ4n) is 1.65. The molecule has 4 nitrogen and oxygen atoms in total. The summed E-state index contributed by atoms with van der Waals surface area (Å²) in [5, 5.41) is 6.86. The van der Waals surface area contributed by atoms with Gasteiger partial charge in [-0.15, -0.1) is 0 Å². The zero-order chi connectivity index (χ0) is 11.1. The second-order valence-electron chi connectivity index (χ2n) is 4.06. The molecule has 1 aliphatic rings. The van der Waals surface area contributed by atoms with Crippen LogP contribution in [0.1, 0.15) is 24.6 Å². The van der Waals surface area contributed by atoms with E-state index < -0.39 is 0 Å². The summed E-state index contributed by atoms with van der Waals surface area (Å²) in [6, 6.07) is 4.40. The first kappa shape index (κ1) is 9.33. The maximum Gasteiger partial charge on any atom is 0.184 e. The summed E-state index contributed by atoms with van der Waals surface area (Å²) in [7, 11) is 0. The van der Waals surface area contributed by atoms with E-state index in [0.29, 0.717) is 23.0 Å². The largest absolute Gasteiger partial charge is 0.399 e. The van der Waals surface area contributed by atoms with Crippen molar-refractivity contribution in [2.75, 3.05) is 5.73 Å². The van der Waals surface area contributed by atoms with E-state index >= 15 is 0 Å². The molecule has 1 aromatic carbocycles. The molecule has 1 heterocycles. The number of nitrogen functional groups attached to an aromatic ring is 1. The average molecular weight is 218 g/mol. The lowest BCUT2D eigenvalue weighted by molar-refractivity contribution is 0.630. The minimum Gasteiger partial charge on any atom is -0.399 e. The van der Waals surface area contributed by atoms with Gasteiger partial charge in [0.05, 0.1) is 5.56 Å². The van der Waals surface area contributed by atoms with Crippen molar-refractivity contribution < 1.29 is 4.39 Å². The third-order valence-electron chi connectivity index (χ3n) is 2.70. The van der Waals surface area contributed by atoms with Gasteiger partial charge in [0.25, 0.3) is 0 Å². The summed E-state index contributed by atoms with van der Waals surface area (Å²) >= 11 is 0. The third kappa shape index (κ3) is 1.54. The normalized spacial score (nSPS) is 15.3. The lowest BCUT2D eigenvalue weighted by atomic mass is 10.2. The molecule has 5 heteroatoms. The topological polar surface area (TPSA) is 67.6 Å². The molecule has 2 aromatic rings. The van der Waals surface area contributed by atoms with Gasteiger partial charge in [0.15, 0.2) is 5.82 Å². The summed E-state index contributed by atoms with van der Waals surface area (Å²) in [6.45, 7) is 0. The van der Waals surface area contributed by atoms with E-state index in [2.05, 4.69) is 15.2 Å². The molecule has 1 saturated carbocycles. The Bertz CT molecular complexity index is 531. The van der Waals surface area contributed by atoms with Crippen LogP contribution in [0.5, 0.6) is 0 Å². The monoisotopic (exact) mass is 218 g/mol. The van der Waals surface area contributed by atoms with Crippen LogP contribution < -0.4 is 5.73 Å². The minimum absolute atomic E-state index is 0.350. The van der Waals surface area contributed by atoms with E-state index in [1.165, 1.54) is 12.1 Å². The number of benzene rings is 1. The van der Waals surface area contributed by atoms with Gasteiger partial charge in [0.2, 0.25) is 0 Å². The summed E-state index contributed by atoms with van der Waals surface area (Å²) in [6.07, 6.45) is 2.27. The molecule has 82 valence electrons. The Morgan fingerprint density at radius 2 is 2.19 bits per heavy atom. The summed E-state index contributed by atoms with van der Waals surface area (Å²) in [4.78, 5) is 4.28. The summed E-state index contributed by atoms with van der Waals surface area (Å²) < 4.78 is 13.5. The molecule has 3 N–H and O–H groups in total. The molecule has 0 spiro atoms. The maximum absolute atomic E-state index is 13.5. The van der Waals surface area contributed by atoms with E-state index in [1.54, 1.807) is 6.07 Å². The van der Waals surface area contributed by atoms with Crippen LogP contribution in [-0.4, -0.2) is 15.2 Å². The van der Waals surface area contributed by atoms with Gasteiger partial charge in [-0.3, -0.25) is 5.10 Å². The molecule has 0 atom stereocenters. The quantitative estimate of drug-likeness (QED) is 0.758. The number of aromatic nitrogens is 3. The molecular formula is C11H11FN4. The Hall–Kier alpha value is -1.91. The van der Waals surface area contributed by atoms with Crippen molar-refractivity contribution in [3.63, 3.8) is 0 Å². The van der Waals surface area contributed by atoms with Gasteiger partial charge in [-0.1, -0.05) is 0 Å². The molecule has 1 aliphatic carbocycles. The molecule has 0 saturated heterocycles. The van der Waals surface area contributed by atoms with Crippen LogP contribution in [-0.2, 0) is 0 Å². The highest BCUT2D eigenvalue weighted by atomic mass is 19.1. The fourth-order valence-corrected chi connectivity index (χ4v) is 1.65. The lowest BCUT2D eigenvalue weighted by Crippen LogP contribution is -1.91. The van der Waals surface area contributed by atoms with E-state index in [0.717, 1.165) is 18.7 Å². The van der Waals surface area contributed by atoms with Crippen LogP contribution in [0.2, 0.25) is 0 Å². The van der Waals surface area contributed by atoms with Crippen molar-refractivity contribution in [3.8, 4) is 11.4 Å². The third-order valence-corrected chi connectivity index (χ3v) is 2.70. The summed E-state index contributed by atoms with van der Waals surface area (Å²) in [5.41, 5.74) is 6.47. The highest BCUT2D eigenvalue weighted by Gasteiger charge is 2.27. The first-order valence-corrected chi connectivity index (χ1v) is 5.22. The number of hydrogen-bond donors (Lipinski definition) is 2. The molecule has 0 bridgehead atoms. The molecule has 1 fully saturated rings. The Morgan fingerprint density at radius 3 is 2.94 bits per heavy atom. The van der Waals surface area contributed by atoms with Gasteiger partial charge >= 0.3 is 0 Å². The zero-order valence-corrected chi connectivity index (χ0v) is 8.57. The molecule has 3 rings (SSSR count). The van der Waals surface area contributed by atoms with Crippen LogP contribution in [0.25, 0.3) is 11.4 Å². The lowest BCUT2D eigenvalue weighted by Gasteiger charge is -1.99. The van der Waals surface area contributed by atoms with Crippen LogP contribution in [0.4, 0.5) is 10.1 Å². The van der Waals surface area contributed by atoms with Gasteiger partial charge in [-0.2, -0.15) is 5.10 Å². The first-order chi connectivity index (χ1) is 7.74.